The summed E-state index contributed by atoms with van der Waals surface area (Å²) >= 11 is 0. The third-order valence-electron chi connectivity index (χ3n) is 6.41. The molecule has 0 aromatic carbocycles. The molecule has 2 N–H and O–H groups in total. The molecule has 3 heteroatoms. The Bertz CT molecular complexity index is 387. The van der Waals surface area contributed by atoms with Crippen molar-refractivity contribution in [1.29, 1.82) is 0 Å². The molecule has 5 unspecified atom stereocenters. The van der Waals surface area contributed by atoms with Gasteiger partial charge in [-0.15, -0.1) is 0 Å². The molecule has 1 aliphatic heterocycles. The van der Waals surface area contributed by atoms with Crippen LogP contribution in [0.4, 0.5) is 0 Å². The van der Waals surface area contributed by atoms with Gasteiger partial charge in [-0.1, -0.05) is 27.7 Å². The fourth-order valence-electron chi connectivity index (χ4n) is 5.07. The number of carbonyl (C=O) groups is 1. The Hall–Kier alpha value is -0.570. The summed E-state index contributed by atoms with van der Waals surface area (Å²) in [6, 6.07) is 0.360. The van der Waals surface area contributed by atoms with Crippen LogP contribution in [-0.4, -0.2) is 25.0 Å². The van der Waals surface area contributed by atoms with E-state index in [1.165, 1.54) is 19.3 Å². The molecule has 2 bridgehead atoms. The van der Waals surface area contributed by atoms with E-state index in [1.54, 1.807) is 0 Å². The van der Waals surface area contributed by atoms with Crippen LogP contribution in [0.25, 0.3) is 0 Å². The van der Waals surface area contributed by atoms with Crippen LogP contribution >= 0.6 is 0 Å². The highest BCUT2D eigenvalue weighted by atomic mass is 16.2. The zero-order valence-electron chi connectivity index (χ0n) is 12.8. The second-order valence-electron chi connectivity index (χ2n) is 8.10. The van der Waals surface area contributed by atoms with Gasteiger partial charge in [-0.05, 0) is 48.5 Å². The van der Waals surface area contributed by atoms with Gasteiger partial charge in [-0.3, -0.25) is 4.79 Å². The summed E-state index contributed by atoms with van der Waals surface area (Å²) in [5.74, 6) is 1.71. The van der Waals surface area contributed by atoms with Crippen LogP contribution in [0.5, 0.6) is 0 Å². The lowest BCUT2D eigenvalue weighted by Gasteiger charge is -2.43. The van der Waals surface area contributed by atoms with Gasteiger partial charge >= 0.3 is 0 Å². The molecule has 0 aromatic heterocycles. The van der Waals surface area contributed by atoms with Crippen molar-refractivity contribution in [2.24, 2.45) is 28.6 Å². The second-order valence-corrected chi connectivity index (χ2v) is 8.10. The monoisotopic (exact) mass is 264 g/mol. The summed E-state index contributed by atoms with van der Waals surface area (Å²) in [6.45, 7) is 11.1. The Labute approximate surface area is 116 Å². The summed E-state index contributed by atoms with van der Waals surface area (Å²) in [7, 11) is 0. The molecular formula is C16H28N2O. The minimum absolute atomic E-state index is 0.165. The standard InChI is InChI=1S/C16H28N2O/c1-10-8-17-9-12(10)13(19)18-14-15(2,3)11-5-6-16(14,4)7-11/h10-12,14,17H,5-9H2,1-4H3,(H,18,19). The van der Waals surface area contributed by atoms with Crippen LogP contribution in [0, 0.1) is 28.6 Å². The fourth-order valence-corrected chi connectivity index (χ4v) is 5.07. The zero-order chi connectivity index (χ0) is 13.8. The molecule has 3 fully saturated rings. The van der Waals surface area contributed by atoms with Crippen LogP contribution in [0.1, 0.15) is 47.0 Å². The van der Waals surface area contributed by atoms with Crippen LogP contribution in [0.15, 0.2) is 0 Å². The number of hydrogen-bond acceptors (Lipinski definition) is 2. The number of hydrogen-bond donors (Lipinski definition) is 2. The first kappa shape index (κ1) is 13.4. The molecule has 1 saturated heterocycles. The van der Waals surface area contributed by atoms with Gasteiger partial charge in [0.25, 0.3) is 0 Å². The second kappa shape index (κ2) is 4.21. The van der Waals surface area contributed by atoms with Crippen molar-refractivity contribution in [3.05, 3.63) is 0 Å². The van der Waals surface area contributed by atoms with Crippen molar-refractivity contribution in [2.45, 2.75) is 53.0 Å². The topological polar surface area (TPSA) is 41.1 Å². The molecule has 108 valence electrons. The normalized spacial score (nSPS) is 47.6. The van der Waals surface area contributed by atoms with Crippen molar-refractivity contribution < 1.29 is 4.79 Å². The van der Waals surface area contributed by atoms with Gasteiger partial charge in [0.1, 0.15) is 0 Å². The lowest BCUT2D eigenvalue weighted by atomic mass is 9.68. The predicted molar refractivity (Wildman–Crippen MR) is 76.7 cm³/mol. The highest BCUT2D eigenvalue weighted by Gasteiger charge is 2.59. The van der Waals surface area contributed by atoms with E-state index in [4.69, 9.17) is 0 Å². The van der Waals surface area contributed by atoms with E-state index in [2.05, 4.69) is 38.3 Å². The SMILES string of the molecule is CC1CNCC1C(=O)NC1C2(C)CCC(C2)C1(C)C. The summed E-state index contributed by atoms with van der Waals surface area (Å²) < 4.78 is 0. The number of amides is 1. The molecule has 1 amide bonds. The molecule has 3 aliphatic rings. The van der Waals surface area contributed by atoms with E-state index in [-0.39, 0.29) is 17.2 Å². The van der Waals surface area contributed by atoms with Crippen molar-refractivity contribution >= 4 is 5.91 Å². The average molecular weight is 264 g/mol. The van der Waals surface area contributed by atoms with Crippen LogP contribution in [0.3, 0.4) is 0 Å². The van der Waals surface area contributed by atoms with E-state index in [0.29, 0.717) is 17.4 Å². The number of carbonyl (C=O) groups excluding carboxylic acids is 1. The third kappa shape index (κ3) is 1.93. The first-order chi connectivity index (χ1) is 8.84. The first-order valence-corrected chi connectivity index (χ1v) is 7.86. The maximum absolute atomic E-state index is 12.6. The lowest BCUT2D eigenvalue weighted by molar-refractivity contribution is -0.128. The summed E-state index contributed by atoms with van der Waals surface area (Å²) in [5.41, 5.74) is 0.594. The zero-order valence-corrected chi connectivity index (χ0v) is 12.8. The number of fused-ring (bicyclic) bond motifs is 2. The van der Waals surface area contributed by atoms with E-state index in [1.807, 2.05) is 0 Å². The Morgan fingerprint density at radius 2 is 2.00 bits per heavy atom. The van der Waals surface area contributed by atoms with Gasteiger partial charge < -0.3 is 10.6 Å². The van der Waals surface area contributed by atoms with Crippen LogP contribution in [-0.2, 0) is 4.79 Å². The van der Waals surface area contributed by atoms with E-state index < -0.39 is 0 Å². The third-order valence-corrected chi connectivity index (χ3v) is 6.41. The molecule has 3 nitrogen and oxygen atoms in total. The molecule has 2 aliphatic carbocycles. The molecule has 0 radical (unpaired) electrons. The number of nitrogens with one attached hydrogen (secondary N) is 2. The van der Waals surface area contributed by atoms with Crippen molar-refractivity contribution in [1.82, 2.24) is 10.6 Å². The highest BCUT2D eigenvalue weighted by Crippen LogP contribution is 2.62. The fraction of sp³-hybridized carbons (Fsp3) is 0.938. The van der Waals surface area contributed by atoms with E-state index in [0.717, 1.165) is 19.0 Å². The Morgan fingerprint density at radius 3 is 2.53 bits per heavy atom. The molecule has 3 rings (SSSR count). The summed E-state index contributed by atoms with van der Waals surface area (Å²) in [5, 5.41) is 6.77. The summed E-state index contributed by atoms with van der Waals surface area (Å²) in [4.78, 5) is 12.6. The van der Waals surface area contributed by atoms with Gasteiger partial charge in [0.2, 0.25) is 5.91 Å². The van der Waals surface area contributed by atoms with E-state index >= 15 is 0 Å². The quantitative estimate of drug-likeness (QED) is 0.802. The first-order valence-electron chi connectivity index (χ1n) is 7.86. The predicted octanol–water partition coefficient (Wildman–Crippen LogP) is 2.17. The minimum Gasteiger partial charge on any atom is -0.352 e. The molecule has 0 spiro atoms. The molecule has 19 heavy (non-hydrogen) atoms. The number of rotatable bonds is 2. The maximum atomic E-state index is 12.6. The molecule has 1 heterocycles. The highest BCUT2D eigenvalue weighted by molar-refractivity contribution is 5.80. The minimum atomic E-state index is 0.165. The summed E-state index contributed by atoms with van der Waals surface area (Å²) in [6.07, 6.45) is 3.92. The van der Waals surface area contributed by atoms with Gasteiger partial charge in [0.05, 0.1) is 5.92 Å². The lowest BCUT2D eigenvalue weighted by Crippen LogP contribution is -2.54. The Balaban J connectivity index is 1.74. The van der Waals surface area contributed by atoms with Gasteiger partial charge in [-0.2, -0.15) is 0 Å². The molecule has 2 saturated carbocycles. The maximum Gasteiger partial charge on any atom is 0.224 e. The van der Waals surface area contributed by atoms with E-state index in [9.17, 15) is 4.79 Å². The van der Waals surface area contributed by atoms with Crippen LogP contribution < -0.4 is 10.6 Å². The van der Waals surface area contributed by atoms with Crippen molar-refractivity contribution in [3.8, 4) is 0 Å². The van der Waals surface area contributed by atoms with Gasteiger partial charge in [-0.25, -0.2) is 0 Å². The average Bonchev–Trinajstić information content (AvgIpc) is 2.95. The van der Waals surface area contributed by atoms with Crippen molar-refractivity contribution in [2.75, 3.05) is 13.1 Å². The van der Waals surface area contributed by atoms with Crippen molar-refractivity contribution in [3.63, 3.8) is 0 Å². The van der Waals surface area contributed by atoms with Gasteiger partial charge in [0.15, 0.2) is 0 Å². The molecular weight excluding hydrogens is 236 g/mol. The Kier molecular flexibility index (Phi) is 2.97. The van der Waals surface area contributed by atoms with Crippen LogP contribution in [0.2, 0.25) is 0 Å². The smallest absolute Gasteiger partial charge is 0.224 e. The molecule has 0 aromatic rings. The largest absolute Gasteiger partial charge is 0.352 e. The molecule has 5 atom stereocenters. The Morgan fingerprint density at radius 1 is 1.26 bits per heavy atom. The van der Waals surface area contributed by atoms with Gasteiger partial charge in [0, 0.05) is 12.6 Å².